The van der Waals surface area contributed by atoms with Gasteiger partial charge in [0.1, 0.15) is 5.60 Å². The van der Waals surface area contributed by atoms with Crippen LogP contribution in [0, 0.1) is 0 Å². The van der Waals surface area contributed by atoms with Crippen molar-refractivity contribution in [2.45, 2.75) is 39.5 Å². The molecule has 9 nitrogen and oxygen atoms in total. The van der Waals surface area contributed by atoms with E-state index in [0.717, 1.165) is 5.56 Å². The van der Waals surface area contributed by atoms with Crippen molar-refractivity contribution in [1.29, 1.82) is 0 Å². The van der Waals surface area contributed by atoms with E-state index >= 15 is 0 Å². The number of amides is 3. The van der Waals surface area contributed by atoms with Gasteiger partial charge in [-0.25, -0.2) is 9.59 Å². The molecule has 3 amide bonds. The Labute approximate surface area is 205 Å². The lowest BCUT2D eigenvalue weighted by atomic mass is 10.1. The van der Waals surface area contributed by atoms with Gasteiger partial charge in [0.15, 0.2) is 11.5 Å². The molecule has 0 fully saturated rings. The molecule has 2 N–H and O–H groups in total. The number of hydrogen-bond donors (Lipinski definition) is 2. The molecule has 0 spiro atoms. The van der Waals surface area contributed by atoms with Crippen LogP contribution in [0.5, 0.6) is 11.5 Å². The number of alkyl carbamates (subject to hydrolysis) is 1. The van der Waals surface area contributed by atoms with Gasteiger partial charge in [0.25, 0.3) is 0 Å². The Morgan fingerprint density at radius 2 is 1.63 bits per heavy atom. The first kappa shape index (κ1) is 25.6. The SMILES string of the molecule is COc1cc2c(NC(=O)N(C)Cc3ccccc3)cnc(CNC(=O)OC(C)(C)C)c2cc1OC. The highest BCUT2D eigenvalue weighted by Crippen LogP contribution is 2.36. The number of hydrogen-bond acceptors (Lipinski definition) is 6. The van der Waals surface area contributed by atoms with Crippen molar-refractivity contribution >= 4 is 28.6 Å². The van der Waals surface area contributed by atoms with Crippen molar-refractivity contribution < 1.29 is 23.8 Å². The molecule has 0 unspecified atom stereocenters. The van der Waals surface area contributed by atoms with Gasteiger partial charge in [0.05, 0.1) is 38.3 Å². The van der Waals surface area contributed by atoms with E-state index in [9.17, 15) is 9.59 Å². The minimum Gasteiger partial charge on any atom is -0.493 e. The predicted molar refractivity (Wildman–Crippen MR) is 135 cm³/mol. The van der Waals surface area contributed by atoms with Crippen LogP contribution in [0.2, 0.25) is 0 Å². The quantitative estimate of drug-likeness (QED) is 0.497. The molecule has 0 atom stereocenters. The molecular weight excluding hydrogens is 448 g/mol. The number of nitrogens with one attached hydrogen (secondary N) is 2. The molecule has 0 bridgehead atoms. The molecule has 0 radical (unpaired) electrons. The lowest BCUT2D eigenvalue weighted by molar-refractivity contribution is 0.0523. The lowest BCUT2D eigenvalue weighted by Crippen LogP contribution is -2.32. The van der Waals surface area contributed by atoms with Gasteiger partial charge < -0.3 is 29.7 Å². The Hall–Kier alpha value is -4.01. The summed E-state index contributed by atoms with van der Waals surface area (Å²) >= 11 is 0. The highest BCUT2D eigenvalue weighted by atomic mass is 16.6. The molecule has 9 heteroatoms. The predicted octanol–water partition coefficient (Wildman–Crippen LogP) is 4.94. The van der Waals surface area contributed by atoms with Gasteiger partial charge in [0, 0.05) is 24.4 Å². The zero-order valence-electron chi connectivity index (χ0n) is 21.0. The molecule has 0 saturated carbocycles. The molecule has 0 aliphatic carbocycles. The van der Waals surface area contributed by atoms with Crippen LogP contribution in [-0.4, -0.2) is 48.9 Å². The summed E-state index contributed by atoms with van der Waals surface area (Å²) in [5.74, 6) is 1.01. The summed E-state index contributed by atoms with van der Waals surface area (Å²) in [4.78, 5) is 31.2. The highest BCUT2D eigenvalue weighted by molar-refractivity contribution is 6.03. The van der Waals surface area contributed by atoms with E-state index in [4.69, 9.17) is 14.2 Å². The summed E-state index contributed by atoms with van der Waals surface area (Å²) < 4.78 is 16.2. The van der Waals surface area contributed by atoms with E-state index in [1.807, 2.05) is 30.3 Å². The fourth-order valence-corrected chi connectivity index (χ4v) is 3.47. The van der Waals surface area contributed by atoms with E-state index in [-0.39, 0.29) is 12.6 Å². The van der Waals surface area contributed by atoms with Crippen molar-refractivity contribution in [2.75, 3.05) is 26.6 Å². The summed E-state index contributed by atoms with van der Waals surface area (Å²) in [7, 11) is 4.81. The highest BCUT2D eigenvalue weighted by Gasteiger charge is 2.19. The van der Waals surface area contributed by atoms with E-state index in [2.05, 4.69) is 15.6 Å². The van der Waals surface area contributed by atoms with Gasteiger partial charge in [0.2, 0.25) is 0 Å². The maximum absolute atomic E-state index is 12.9. The Kier molecular flexibility index (Phi) is 8.01. The smallest absolute Gasteiger partial charge is 0.407 e. The first-order valence-electron chi connectivity index (χ1n) is 11.2. The van der Waals surface area contributed by atoms with E-state index in [1.165, 1.54) is 0 Å². The molecule has 1 heterocycles. The fourth-order valence-electron chi connectivity index (χ4n) is 3.47. The molecular formula is C26H32N4O5. The third-order valence-electron chi connectivity index (χ3n) is 5.12. The van der Waals surface area contributed by atoms with Crippen molar-refractivity contribution in [2.24, 2.45) is 0 Å². The summed E-state index contributed by atoms with van der Waals surface area (Å²) in [5.41, 5.74) is 1.49. The monoisotopic (exact) mass is 480 g/mol. The van der Waals surface area contributed by atoms with E-state index in [0.29, 0.717) is 40.2 Å². The average Bonchev–Trinajstić information content (AvgIpc) is 2.82. The molecule has 2 aromatic carbocycles. The Morgan fingerprint density at radius 1 is 1.00 bits per heavy atom. The molecule has 186 valence electrons. The second-order valence-electron chi connectivity index (χ2n) is 9.00. The summed E-state index contributed by atoms with van der Waals surface area (Å²) in [5, 5.41) is 7.05. The summed E-state index contributed by atoms with van der Waals surface area (Å²) in [6.45, 7) is 5.97. The number of benzene rings is 2. The molecule has 3 rings (SSSR count). The number of fused-ring (bicyclic) bond motifs is 1. The number of nitrogens with zero attached hydrogens (tertiary/aromatic N) is 2. The van der Waals surface area contributed by atoms with Gasteiger partial charge in [-0.15, -0.1) is 0 Å². The number of carbonyl (C=O) groups is 2. The molecule has 35 heavy (non-hydrogen) atoms. The number of methoxy groups -OCH3 is 2. The standard InChI is InChI=1S/C26H32N4O5/c1-26(2,3)35-25(32)28-14-20-18-12-22(33-5)23(34-6)13-19(18)21(15-27-20)29-24(31)30(4)16-17-10-8-7-9-11-17/h7-13,15H,14,16H2,1-6H3,(H,28,32)(H,29,31). The number of ether oxygens (including phenoxy) is 3. The third-order valence-corrected chi connectivity index (χ3v) is 5.12. The van der Waals surface area contributed by atoms with E-state index in [1.54, 1.807) is 65.3 Å². The minimum atomic E-state index is -0.615. The van der Waals surface area contributed by atoms with Crippen molar-refractivity contribution in [3.05, 3.63) is 59.9 Å². The second-order valence-corrected chi connectivity index (χ2v) is 9.00. The van der Waals surface area contributed by atoms with Crippen LogP contribution in [-0.2, 0) is 17.8 Å². The Balaban J connectivity index is 1.90. The van der Waals surface area contributed by atoms with Gasteiger partial charge in [-0.05, 0) is 38.5 Å². The first-order valence-corrected chi connectivity index (χ1v) is 11.2. The Morgan fingerprint density at radius 3 is 2.23 bits per heavy atom. The van der Waals surface area contributed by atoms with Gasteiger partial charge in [-0.3, -0.25) is 4.98 Å². The van der Waals surface area contributed by atoms with Gasteiger partial charge in [-0.2, -0.15) is 0 Å². The van der Waals surface area contributed by atoms with Crippen LogP contribution < -0.4 is 20.1 Å². The lowest BCUT2D eigenvalue weighted by Gasteiger charge is -2.21. The number of aromatic nitrogens is 1. The largest absolute Gasteiger partial charge is 0.493 e. The van der Waals surface area contributed by atoms with Gasteiger partial charge >= 0.3 is 12.1 Å². The average molecular weight is 481 g/mol. The maximum atomic E-state index is 12.9. The normalized spacial score (nSPS) is 11.0. The van der Waals surface area contributed by atoms with E-state index < -0.39 is 11.7 Å². The molecule has 0 aliphatic heterocycles. The van der Waals surface area contributed by atoms with Crippen LogP contribution in [0.1, 0.15) is 32.0 Å². The topological polar surface area (TPSA) is 102 Å². The zero-order valence-corrected chi connectivity index (χ0v) is 21.0. The Bertz CT molecular complexity index is 1190. The van der Waals surface area contributed by atoms with Crippen molar-refractivity contribution in [3.8, 4) is 11.5 Å². The summed E-state index contributed by atoms with van der Waals surface area (Å²) in [6.07, 6.45) is 1.02. The van der Waals surface area contributed by atoms with Crippen molar-refractivity contribution in [1.82, 2.24) is 15.2 Å². The zero-order chi connectivity index (χ0) is 25.6. The van der Waals surface area contributed by atoms with Crippen LogP contribution in [0.15, 0.2) is 48.7 Å². The van der Waals surface area contributed by atoms with Crippen LogP contribution >= 0.6 is 0 Å². The molecule has 3 aromatic rings. The van der Waals surface area contributed by atoms with Crippen LogP contribution in [0.4, 0.5) is 15.3 Å². The number of rotatable bonds is 7. The molecule has 1 aromatic heterocycles. The molecule has 0 saturated heterocycles. The van der Waals surface area contributed by atoms with Crippen LogP contribution in [0.3, 0.4) is 0 Å². The first-order chi connectivity index (χ1) is 16.6. The second kappa shape index (κ2) is 10.9. The van der Waals surface area contributed by atoms with Gasteiger partial charge in [-0.1, -0.05) is 30.3 Å². The number of anilines is 1. The molecule has 0 aliphatic rings. The van der Waals surface area contributed by atoms with Crippen LogP contribution in [0.25, 0.3) is 10.8 Å². The summed E-state index contributed by atoms with van der Waals surface area (Å²) in [6, 6.07) is 13.0. The number of urea groups is 1. The number of pyridine rings is 1. The fraction of sp³-hybridized carbons (Fsp3) is 0.346. The third kappa shape index (κ3) is 6.75. The minimum absolute atomic E-state index is 0.128. The van der Waals surface area contributed by atoms with Crippen molar-refractivity contribution in [3.63, 3.8) is 0 Å². The maximum Gasteiger partial charge on any atom is 0.407 e. The number of carbonyl (C=O) groups excluding carboxylic acids is 2.